The zero-order chi connectivity index (χ0) is 13.6. The Kier molecular flexibility index (Phi) is 2.68. The Labute approximate surface area is 114 Å². The first-order valence-corrected chi connectivity index (χ1v) is 6.14. The molecule has 0 radical (unpaired) electrons. The maximum absolute atomic E-state index is 12.4. The standard InChI is InChI=1S/C14H10ClNO3/c1-16-10-7-13(17)19-12(10)6-11(16)14(18)8-4-2-3-5-9(8)15/h2-6H,7H2,1H3. The molecule has 1 aliphatic rings. The molecule has 1 aromatic heterocycles. The zero-order valence-electron chi connectivity index (χ0n) is 10.1. The van der Waals surface area contributed by atoms with Crippen LogP contribution in [0.15, 0.2) is 30.3 Å². The summed E-state index contributed by atoms with van der Waals surface area (Å²) < 4.78 is 6.73. The van der Waals surface area contributed by atoms with Crippen LogP contribution in [0.25, 0.3) is 0 Å². The van der Waals surface area contributed by atoms with Gasteiger partial charge in [0, 0.05) is 18.7 Å². The summed E-state index contributed by atoms with van der Waals surface area (Å²) in [7, 11) is 1.74. The first kappa shape index (κ1) is 12.0. The van der Waals surface area contributed by atoms with E-state index in [0.717, 1.165) is 5.69 Å². The highest BCUT2D eigenvalue weighted by Crippen LogP contribution is 2.31. The van der Waals surface area contributed by atoms with E-state index < -0.39 is 0 Å². The number of carbonyl (C=O) groups excluding carboxylic acids is 2. The van der Waals surface area contributed by atoms with E-state index in [4.69, 9.17) is 16.3 Å². The van der Waals surface area contributed by atoms with Crippen LogP contribution < -0.4 is 4.74 Å². The fraction of sp³-hybridized carbons (Fsp3) is 0.143. The summed E-state index contributed by atoms with van der Waals surface area (Å²) in [6.07, 6.45) is 0.196. The summed E-state index contributed by atoms with van der Waals surface area (Å²) in [5, 5.41) is 0.408. The average molecular weight is 276 g/mol. The first-order chi connectivity index (χ1) is 9.08. The van der Waals surface area contributed by atoms with Crippen molar-refractivity contribution in [1.29, 1.82) is 0 Å². The lowest BCUT2D eigenvalue weighted by Crippen LogP contribution is -2.11. The molecule has 1 aliphatic heterocycles. The Balaban J connectivity index is 2.05. The molecule has 0 amide bonds. The fourth-order valence-corrected chi connectivity index (χ4v) is 2.43. The Morgan fingerprint density at radius 1 is 1.37 bits per heavy atom. The number of aromatic nitrogens is 1. The van der Waals surface area contributed by atoms with Crippen LogP contribution >= 0.6 is 11.6 Å². The SMILES string of the molecule is Cn1c(C(=O)c2ccccc2Cl)cc2c1CC(=O)O2. The summed E-state index contributed by atoms with van der Waals surface area (Å²) in [5.41, 5.74) is 1.63. The van der Waals surface area contributed by atoms with Crippen LogP contribution in [-0.4, -0.2) is 16.3 Å². The van der Waals surface area contributed by atoms with Crippen molar-refractivity contribution in [3.05, 3.63) is 52.3 Å². The summed E-state index contributed by atoms with van der Waals surface area (Å²) in [6, 6.07) is 8.47. The number of halogens is 1. The number of carbonyl (C=O) groups is 2. The molecule has 0 N–H and O–H groups in total. The molecular formula is C14H10ClNO3. The highest BCUT2D eigenvalue weighted by Gasteiger charge is 2.28. The molecule has 3 rings (SSSR count). The summed E-state index contributed by atoms with van der Waals surface area (Å²) in [4.78, 5) is 23.6. The number of fused-ring (bicyclic) bond motifs is 1. The normalized spacial score (nSPS) is 13.3. The third-order valence-electron chi connectivity index (χ3n) is 3.21. The van der Waals surface area contributed by atoms with Crippen molar-refractivity contribution in [2.75, 3.05) is 0 Å². The molecule has 19 heavy (non-hydrogen) atoms. The minimum absolute atomic E-state index is 0.182. The van der Waals surface area contributed by atoms with E-state index in [1.54, 1.807) is 41.9 Å². The molecule has 2 aromatic rings. The maximum Gasteiger partial charge on any atom is 0.317 e. The molecule has 0 unspecified atom stereocenters. The van der Waals surface area contributed by atoms with Crippen LogP contribution in [0.5, 0.6) is 5.75 Å². The molecule has 0 fully saturated rings. The number of ether oxygens (including phenoxy) is 1. The van der Waals surface area contributed by atoms with E-state index in [2.05, 4.69) is 0 Å². The van der Waals surface area contributed by atoms with Crippen LogP contribution in [0, 0.1) is 0 Å². The Morgan fingerprint density at radius 2 is 2.11 bits per heavy atom. The fourth-order valence-electron chi connectivity index (χ4n) is 2.21. The van der Waals surface area contributed by atoms with E-state index in [0.29, 0.717) is 22.0 Å². The Bertz CT molecular complexity index is 703. The van der Waals surface area contributed by atoms with Gasteiger partial charge in [0.15, 0.2) is 5.75 Å². The molecule has 5 heteroatoms. The van der Waals surface area contributed by atoms with E-state index in [1.165, 1.54) is 0 Å². The van der Waals surface area contributed by atoms with Gasteiger partial charge in [-0.05, 0) is 12.1 Å². The number of hydrogen-bond donors (Lipinski definition) is 0. The van der Waals surface area contributed by atoms with Crippen LogP contribution in [0.4, 0.5) is 0 Å². The van der Waals surface area contributed by atoms with E-state index in [1.807, 2.05) is 0 Å². The molecule has 1 aromatic carbocycles. The minimum atomic E-state index is -0.294. The molecule has 0 atom stereocenters. The lowest BCUT2D eigenvalue weighted by molar-refractivity contribution is -0.131. The molecule has 0 aliphatic carbocycles. The van der Waals surface area contributed by atoms with Gasteiger partial charge in [-0.1, -0.05) is 23.7 Å². The summed E-state index contributed by atoms with van der Waals surface area (Å²) in [5.74, 6) is -0.0150. The topological polar surface area (TPSA) is 48.3 Å². The van der Waals surface area contributed by atoms with Crippen molar-refractivity contribution in [3.8, 4) is 5.75 Å². The van der Waals surface area contributed by atoms with E-state index in [-0.39, 0.29) is 18.2 Å². The Morgan fingerprint density at radius 3 is 2.79 bits per heavy atom. The number of ketones is 1. The zero-order valence-corrected chi connectivity index (χ0v) is 10.9. The van der Waals surface area contributed by atoms with Crippen LogP contribution in [0.1, 0.15) is 21.7 Å². The lowest BCUT2D eigenvalue weighted by Gasteiger charge is -2.06. The van der Waals surface area contributed by atoms with Gasteiger partial charge in [-0.2, -0.15) is 0 Å². The predicted octanol–water partition coefficient (Wildman–Crippen LogP) is 2.37. The van der Waals surface area contributed by atoms with Gasteiger partial charge in [-0.15, -0.1) is 0 Å². The van der Waals surface area contributed by atoms with Crippen molar-refractivity contribution in [2.24, 2.45) is 7.05 Å². The number of hydrogen-bond acceptors (Lipinski definition) is 3. The smallest absolute Gasteiger partial charge is 0.317 e. The second-order valence-electron chi connectivity index (χ2n) is 4.36. The quantitative estimate of drug-likeness (QED) is 0.624. The van der Waals surface area contributed by atoms with Gasteiger partial charge in [0.25, 0.3) is 0 Å². The number of esters is 1. The molecular weight excluding hydrogens is 266 g/mol. The van der Waals surface area contributed by atoms with Crippen molar-refractivity contribution in [3.63, 3.8) is 0 Å². The van der Waals surface area contributed by atoms with Crippen molar-refractivity contribution >= 4 is 23.4 Å². The van der Waals surface area contributed by atoms with E-state index in [9.17, 15) is 9.59 Å². The highest BCUT2D eigenvalue weighted by molar-refractivity contribution is 6.34. The minimum Gasteiger partial charge on any atom is -0.424 e. The van der Waals surface area contributed by atoms with Crippen molar-refractivity contribution in [2.45, 2.75) is 6.42 Å². The average Bonchev–Trinajstić information content (AvgIpc) is 2.88. The van der Waals surface area contributed by atoms with Crippen LogP contribution in [0.3, 0.4) is 0 Å². The second-order valence-corrected chi connectivity index (χ2v) is 4.77. The maximum atomic E-state index is 12.4. The van der Waals surface area contributed by atoms with Gasteiger partial charge in [0.1, 0.15) is 0 Å². The lowest BCUT2D eigenvalue weighted by atomic mass is 10.1. The number of benzene rings is 1. The molecule has 2 heterocycles. The molecule has 0 saturated carbocycles. The molecule has 0 spiro atoms. The van der Waals surface area contributed by atoms with Gasteiger partial charge in [-0.3, -0.25) is 9.59 Å². The third kappa shape index (κ3) is 1.85. The molecule has 4 nitrogen and oxygen atoms in total. The predicted molar refractivity (Wildman–Crippen MR) is 69.6 cm³/mol. The van der Waals surface area contributed by atoms with Gasteiger partial charge < -0.3 is 9.30 Å². The number of nitrogens with zero attached hydrogens (tertiary/aromatic N) is 1. The first-order valence-electron chi connectivity index (χ1n) is 5.76. The third-order valence-corrected chi connectivity index (χ3v) is 3.53. The molecule has 96 valence electrons. The van der Waals surface area contributed by atoms with Crippen LogP contribution in [0.2, 0.25) is 5.02 Å². The summed E-state index contributed by atoms with van der Waals surface area (Å²) in [6.45, 7) is 0. The van der Waals surface area contributed by atoms with Crippen molar-refractivity contribution < 1.29 is 14.3 Å². The highest BCUT2D eigenvalue weighted by atomic mass is 35.5. The van der Waals surface area contributed by atoms with Crippen molar-refractivity contribution in [1.82, 2.24) is 4.57 Å². The molecule has 0 saturated heterocycles. The van der Waals surface area contributed by atoms with Gasteiger partial charge >= 0.3 is 5.97 Å². The largest absolute Gasteiger partial charge is 0.424 e. The van der Waals surface area contributed by atoms with Gasteiger partial charge in [0.05, 0.1) is 22.8 Å². The number of rotatable bonds is 2. The Hall–Kier alpha value is -2.07. The van der Waals surface area contributed by atoms with Gasteiger partial charge in [0.2, 0.25) is 5.78 Å². The van der Waals surface area contributed by atoms with Gasteiger partial charge in [-0.25, -0.2) is 0 Å². The monoisotopic (exact) mass is 275 g/mol. The van der Waals surface area contributed by atoms with Crippen LogP contribution in [-0.2, 0) is 18.3 Å². The second kappa shape index (κ2) is 4.24. The molecule has 0 bridgehead atoms. The summed E-state index contributed by atoms with van der Waals surface area (Å²) >= 11 is 6.02. The van der Waals surface area contributed by atoms with E-state index >= 15 is 0 Å².